The van der Waals surface area contributed by atoms with E-state index in [0.717, 1.165) is 17.3 Å². The van der Waals surface area contributed by atoms with Gasteiger partial charge in [0.25, 0.3) is 0 Å². The molecule has 1 nitrogen and oxygen atoms in total. The van der Waals surface area contributed by atoms with E-state index in [1.54, 1.807) is 13.0 Å². The molecule has 0 fully saturated rings. The maximum atomic E-state index is 13.3. The smallest absolute Gasteiger partial charge is 0.152 e. The summed E-state index contributed by atoms with van der Waals surface area (Å²) in [7, 11) is 0. The first-order valence-corrected chi connectivity index (χ1v) is 5.31. The van der Waals surface area contributed by atoms with Gasteiger partial charge in [-0.15, -0.1) is 0 Å². The van der Waals surface area contributed by atoms with E-state index in [9.17, 15) is 8.78 Å². The monoisotopic (exact) mass is 223 g/mol. The molecule has 0 aliphatic rings. The molecule has 1 heterocycles. The Morgan fingerprint density at radius 1 is 1.00 bits per heavy atom. The van der Waals surface area contributed by atoms with Crippen LogP contribution in [0.5, 0.6) is 0 Å². The highest BCUT2D eigenvalue weighted by atomic mass is 19.1. The van der Waals surface area contributed by atoms with Crippen LogP contribution in [0.4, 0.5) is 8.78 Å². The topological polar surface area (TPSA) is 12.9 Å². The fourth-order valence-electron chi connectivity index (χ4n) is 1.58. The summed E-state index contributed by atoms with van der Waals surface area (Å²) in [5, 5.41) is 0.535. The molecule has 86 valence electrons. The van der Waals surface area contributed by atoms with Crippen molar-refractivity contribution in [1.82, 2.24) is 4.98 Å². The van der Waals surface area contributed by atoms with Gasteiger partial charge < -0.3 is 0 Å². The number of aromatic nitrogens is 1. The molecule has 0 amide bonds. The molecule has 0 aliphatic heterocycles. The van der Waals surface area contributed by atoms with Crippen LogP contribution < -0.4 is 0 Å². The van der Waals surface area contributed by atoms with Gasteiger partial charge in [0.2, 0.25) is 0 Å². The summed E-state index contributed by atoms with van der Waals surface area (Å²) >= 11 is 0. The summed E-state index contributed by atoms with van der Waals surface area (Å²) in [6, 6.07) is 3.97. The quantitative estimate of drug-likeness (QED) is 0.653. The van der Waals surface area contributed by atoms with Crippen LogP contribution in [0.1, 0.15) is 25.1 Å². The largest absolute Gasteiger partial charge is 0.250 e. The Morgan fingerprint density at radius 2 is 1.62 bits per heavy atom. The molecule has 0 bridgehead atoms. The summed E-state index contributed by atoms with van der Waals surface area (Å²) < 4.78 is 26.2. The number of aryl methyl sites for hydroxylation is 2. The third-order valence-electron chi connectivity index (χ3n) is 2.17. The first-order chi connectivity index (χ1) is 7.58. The third kappa shape index (κ3) is 2.35. The highest BCUT2D eigenvalue weighted by Gasteiger charge is 2.07. The van der Waals surface area contributed by atoms with Gasteiger partial charge in [-0.3, -0.25) is 4.98 Å². The summed E-state index contributed by atoms with van der Waals surface area (Å²) in [5.41, 5.74) is 1.82. The standard InChI is InChI=1S/C11H9F2N.C2H6/c1-6-3-7(2)14-11-9(6)4-8(12)5-10(11)13;1-2/h3-5H,1-2H3;1-2H3. The van der Waals surface area contributed by atoms with E-state index in [2.05, 4.69) is 4.98 Å². The Balaban J connectivity index is 0.000000606. The van der Waals surface area contributed by atoms with Crippen LogP contribution in [0.15, 0.2) is 18.2 Å². The number of rotatable bonds is 0. The first-order valence-electron chi connectivity index (χ1n) is 5.31. The van der Waals surface area contributed by atoms with Crippen LogP contribution in [0.3, 0.4) is 0 Å². The second-order valence-corrected chi connectivity index (χ2v) is 3.36. The lowest BCUT2D eigenvalue weighted by molar-refractivity contribution is 0.590. The van der Waals surface area contributed by atoms with Crippen molar-refractivity contribution in [3.8, 4) is 0 Å². The van der Waals surface area contributed by atoms with Crippen molar-refractivity contribution in [2.24, 2.45) is 0 Å². The fourth-order valence-corrected chi connectivity index (χ4v) is 1.58. The predicted molar refractivity (Wildman–Crippen MR) is 62.5 cm³/mol. The van der Waals surface area contributed by atoms with E-state index >= 15 is 0 Å². The van der Waals surface area contributed by atoms with Crippen molar-refractivity contribution < 1.29 is 8.78 Å². The highest BCUT2D eigenvalue weighted by Crippen LogP contribution is 2.21. The van der Waals surface area contributed by atoms with Gasteiger partial charge in [-0.25, -0.2) is 8.78 Å². The van der Waals surface area contributed by atoms with Gasteiger partial charge in [-0.05, 0) is 31.5 Å². The number of hydrogen-bond donors (Lipinski definition) is 0. The average molecular weight is 223 g/mol. The fraction of sp³-hybridized carbons (Fsp3) is 0.308. The normalized spacial score (nSPS) is 9.88. The van der Waals surface area contributed by atoms with Crippen molar-refractivity contribution in [2.75, 3.05) is 0 Å². The molecule has 0 N–H and O–H groups in total. The van der Waals surface area contributed by atoms with Gasteiger partial charge in [0.05, 0.1) is 0 Å². The Labute approximate surface area is 94.1 Å². The summed E-state index contributed by atoms with van der Waals surface area (Å²) in [5.74, 6) is -1.17. The molecule has 0 saturated carbocycles. The summed E-state index contributed by atoms with van der Waals surface area (Å²) in [6.07, 6.45) is 0. The SMILES string of the molecule is CC.Cc1cc(C)c2cc(F)cc(F)c2n1. The van der Waals surface area contributed by atoms with Crippen molar-refractivity contribution in [1.29, 1.82) is 0 Å². The van der Waals surface area contributed by atoms with E-state index in [1.165, 1.54) is 6.07 Å². The van der Waals surface area contributed by atoms with Gasteiger partial charge in [0.15, 0.2) is 5.82 Å². The Bertz CT molecular complexity index is 459. The highest BCUT2D eigenvalue weighted by molar-refractivity contribution is 5.82. The summed E-state index contributed by atoms with van der Waals surface area (Å²) in [6.45, 7) is 7.60. The van der Waals surface area contributed by atoms with E-state index in [-0.39, 0.29) is 5.52 Å². The maximum Gasteiger partial charge on any atom is 0.152 e. The number of benzene rings is 1. The maximum absolute atomic E-state index is 13.3. The van der Waals surface area contributed by atoms with E-state index in [1.807, 2.05) is 20.8 Å². The Hall–Kier alpha value is -1.51. The first kappa shape index (κ1) is 12.6. The number of hydrogen-bond acceptors (Lipinski definition) is 1. The number of halogens is 2. The molecule has 0 spiro atoms. The predicted octanol–water partition coefficient (Wildman–Crippen LogP) is 4.16. The molecule has 1 aromatic carbocycles. The van der Waals surface area contributed by atoms with Gasteiger partial charge in [0, 0.05) is 17.1 Å². The van der Waals surface area contributed by atoms with Gasteiger partial charge in [-0.1, -0.05) is 13.8 Å². The molecular weight excluding hydrogens is 208 g/mol. The zero-order valence-electron chi connectivity index (χ0n) is 9.94. The lowest BCUT2D eigenvalue weighted by Crippen LogP contribution is -1.92. The minimum atomic E-state index is -0.605. The molecule has 16 heavy (non-hydrogen) atoms. The number of nitrogens with zero attached hydrogens (tertiary/aromatic N) is 1. The molecule has 0 saturated heterocycles. The van der Waals surface area contributed by atoms with Crippen LogP contribution in [0.2, 0.25) is 0 Å². The molecule has 0 radical (unpaired) electrons. The molecule has 2 rings (SSSR count). The van der Waals surface area contributed by atoms with Crippen LogP contribution in [-0.2, 0) is 0 Å². The molecule has 0 unspecified atom stereocenters. The van der Waals surface area contributed by atoms with Crippen molar-refractivity contribution in [2.45, 2.75) is 27.7 Å². The van der Waals surface area contributed by atoms with E-state index in [0.29, 0.717) is 5.39 Å². The van der Waals surface area contributed by atoms with Gasteiger partial charge >= 0.3 is 0 Å². The average Bonchev–Trinajstić information content (AvgIpc) is 2.23. The van der Waals surface area contributed by atoms with E-state index in [4.69, 9.17) is 0 Å². The second-order valence-electron chi connectivity index (χ2n) is 3.36. The Morgan fingerprint density at radius 3 is 2.25 bits per heavy atom. The number of pyridine rings is 1. The third-order valence-corrected chi connectivity index (χ3v) is 2.17. The lowest BCUT2D eigenvalue weighted by Gasteiger charge is -2.04. The zero-order chi connectivity index (χ0) is 12.3. The minimum Gasteiger partial charge on any atom is -0.250 e. The summed E-state index contributed by atoms with van der Waals surface area (Å²) in [4.78, 5) is 4.04. The molecule has 0 atom stereocenters. The molecular formula is C13H15F2N. The van der Waals surface area contributed by atoms with E-state index < -0.39 is 11.6 Å². The molecule has 2 aromatic rings. The van der Waals surface area contributed by atoms with Crippen LogP contribution in [-0.4, -0.2) is 4.98 Å². The Kier molecular flexibility index (Phi) is 3.93. The molecule has 3 heteroatoms. The van der Waals surface area contributed by atoms with Gasteiger partial charge in [0.1, 0.15) is 11.3 Å². The molecule has 0 aliphatic carbocycles. The second kappa shape index (κ2) is 5.01. The van der Waals surface area contributed by atoms with Crippen molar-refractivity contribution in [3.63, 3.8) is 0 Å². The van der Waals surface area contributed by atoms with Crippen LogP contribution in [0, 0.1) is 25.5 Å². The van der Waals surface area contributed by atoms with Crippen LogP contribution >= 0.6 is 0 Å². The van der Waals surface area contributed by atoms with Crippen molar-refractivity contribution in [3.05, 3.63) is 41.1 Å². The van der Waals surface area contributed by atoms with Gasteiger partial charge in [-0.2, -0.15) is 0 Å². The lowest BCUT2D eigenvalue weighted by atomic mass is 10.1. The molecule has 1 aromatic heterocycles. The van der Waals surface area contributed by atoms with Crippen molar-refractivity contribution >= 4 is 10.9 Å². The zero-order valence-corrected chi connectivity index (χ0v) is 9.94. The minimum absolute atomic E-state index is 0.240. The number of fused-ring (bicyclic) bond motifs is 1. The van der Waals surface area contributed by atoms with Crippen LogP contribution in [0.25, 0.3) is 10.9 Å².